The van der Waals surface area contributed by atoms with Gasteiger partial charge >= 0.3 is 5.97 Å². The van der Waals surface area contributed by atoms with Crippen LogP contribution in [0.15, 0.2) is 0 Å². The van der Waals surface area contributed by atoms with Crippen molar-refractivity contribution in [3.05, 3.63) is 0 Å². The Morgan fingerprint density at radius 2 is 1.74 bits per heavy atom. The van der Waals surface area contributed by atoms with Crippen LogP contribution < -0.4 is 0 Å². The first kappa shape index (κ1) is 16.0. The summed E-state index contributed by atoms with van der Waals surface area (Å²) in [6.45, 7) is 4.94. The van der Waals surface area contributed by atoms with E-state index in [0.29, 0.717) is 13.2 Å². The molecule has 0 N–H and O–H groups in total. The summed E-state index contributed by atoms with van der Waals surface area (Å²) in [4.78, 5) is 25.8. The minimum atomic E-state index is -0.294. The molecule has 0 aromatic heterocycles. The van der Waals surface area contributed by atoms with Gasteiger partial charge in [0.05, 0.1) is 6.61 Å². The number of carbonyl (C=O) groups excluding carboxylic acids is 2. The Kier molecular flexibility index (Phi) is 7.53. The molecular weight excluding hydrogens is 242 g/mol. The first-order valence-corrected chi connectivity index (χ1v) is 7.63. The molecule has 0 radical (unpaired) electrons. The van der Waals surface area contributed by atoms with Crippen molar-refractivity contribution < 1.29 is 14.3 Å². The third-order valence-electron chi connectivity index (χ3n) is 3.63. The van der Waals surface area contributed by atoms with Crippen LogP contribution in [0.25, 0.3) is 0 Å². The fourth-order valence-corrected chi connectivity index (χ4v) is 2.68. The van der Waals surface area contributed by atoms with Crippen molar-refractivity contribution in [3.63, 3.8) is 0 Å². The number of carbonyl (C=O) groups is 2. The van der Waals surface area contributed by atoms with Crippen molar-refractivity contribution in [2.45, 2.75) is 58.8 Å². The molecule has 0 saturated heterocycles. The summed E-state index contributed by atoms with van der Waals surface area (Å²) in [5.74, 6) is -0.0294. The lowest BCUT2D eigenvalue weighted by Crippen LogP contribution is -2.40. The van der Waals surface area contributed by atoms with Gasteiger partial charge in [-0.05, 0) is 26.2 Å². The number of amides is 1. The van der Waals surface area contributed by atoms with Gasteiger partial charge in [0, 0.05) is 12.5 Å². The molecule has 110 valence electrons. The van der Waals surface area contributed by atoms with Crippen LogP contribution in [-0.2, 0) is 14.3 Å². The van der Waals surface area contributed by atoms with E-state index >= 15 is 0 Å². The summed E-state index contributed by atoms with van der Waals surface area (Å²) < 4.78 is 4.95. The molecule has 19 heavy (non-hydrogen) atoms. The molecule has 0 atom stereocenters. The summed E-state index contributed by atoms with van der Waals surface area (Å²) in [6.07, 6.45) is 7.55. The quantitative estimate of drug-likeness (QED) is 0.550. The Morgan fingerprint density at radius 1 is 1.11 bits per heavy atom. The maximum Gasteiger partial charge on any atom is 0.325 e. The highest BCUT2D eigenvalue weighted by Gasteiger charge is 2.26. The lowest BCUT2D eigenvalue weighted by Gasteiger charge is -2.25. The molecule has 1 aliphatic carbocycles. The minimum Gasteiger partial charge on any atom is -0.465 e. The lowest BCUT2D eigenvalue weighted by molar-refractivity contribution is -0.150. The Morgan fingerprint density at radius 3 is 2.26 bits per heavy atom. The van der Waals surface area contributed by atoms with Gasteiger partial charge in [0.25, 0.3) is 0 Å². The number of ether oxygens (including phenoxy) is 1. The molecule has 1 fully saturated rings. The molecule has 1 amide bonds. The smallest absolute Gasteiger partial charge is 0.325 e. The predicted molar refractivity (Wildman–Crippen MR) is 74.7 cm³/mol. The van der Waals surface area contributed by atoms with Crippen LogP contribution in [0.1, 0.15) is 58.8 Å². The third kappa shape index (κ3) is 5.62. The summed E-state index contributed by atoms with van der Waals surface area (Å²) in [5, 5.41) is 0. The summed E-state index contributed by atoms with van der Waals surface area (Å²) in [5.41, 5.74) is 0. The van der Waals surface area contributed by atoms with Crippen molar-refractivity contribution in [1.29, 1.82) is 0 Å². The van der Waals surface area contributed by atoms with Crippen molar-refractivity contribution >= 4 is 11.9 Å². The SMILES string of the molecule is CCCN(CC(=O)OCC)C(=O)C1CCCCCC1. The third-order valence-corrected chi connectivity index (χ3v) is 3.63. The average Bonchev–Trinajstić information content (AvgIpc) is 2.66. The second kappa shape index (κ2) is 8.94. The monoisotopic (exact) mass is 269 g/mol. The summed E-state index contributed by atoms with van der Waals surface area (Å²) >= 11 is 0. The van der Waals surface area contributed by atoms with Crippen molar-refractivity contribution in [3.8, 4) is 0 Å². The fraction of sp³-hybridized carbons (Fsp3) is 0.867. The first-order chi connectivity index (χ1) is 9.19. The van der Waals surface area contributed by atoms with E-state index in [4.69, 9.17) is 4.74 Å². The van der Waals surface area contributed by atoms with Crippen LogP contribution in [0.5, 0.6) is 0 Å². The number of hydrogen-bond donors (Lipinski definition) is 0. The van der Waals surface area contributed by atoms with Gasteiger partial charge in [-0.1, -0.05) is 32.6 Å². The first-order valence-electron chi connectivity index (χ1n) is 7.63. The van der Waals surface area contributed by atoms with Crippen molar-refractivity contribution in [2.24, 2.45) is 5.92 Å². The van der Waals surface area contributed by atoms with Gasteiger partial charge in [0.2, 0.25) is 5.91 Å². The molecule has 0 unspecified atom stereocenters. The Balaban J connectivity index is 2.57. The summed E-state index contributed by atoms with van der Waals surface area (Å²) in [6, 6.07) is 0. The van der Waals surface area contributed by atoms with E-state index in [1.165, 1.54) is 12.8 Å². The van der Waals surface area contributed by atoms with Crippen LogP contribution in [-0.4, -0.2) is 36.5 Å². The average molecular weight is 269 g/mol. The van der Waals surface area contributed by atoms with Crippen molar-refractivity contribution in [1.82, 2.24) is 4.90 Å². The van der Waals surface area contributed by atoms with Crippen LogP contribution >= 0.6 is 0 Å². The van der Waals surface area contributed by atoms with Gasteiger partial charge < -0.3 is 9.64 Å². The molecule has 0 bridgehead atoms. The highest BCUT2D eigenvalue weighted by molar-refractivity contribution is 5.83. The molecule has 1 rings (SSSR count). The maximum absolute atomic E-state index is 12.5. The van der Waals surface area contributed by atoms with Crippen molar-refractivity contribution in [2.75, 3.05) is 19.7 Å². The number of rotatable bonds is 6. The zero-order chi connectivity index (χ0) is 14.1. The van der Waals surface area contributed by atoms with Gasteiger partial charge in [-0.3, -0.25) is 9.59 Å². The Labute approximate surface area is 116 Å². The number of esters is 1. The minimum absolute atomic E-state index is 0.108. The van der Waals surface area contributed by atoms with E-state index in [-0.39, 0.29) is 24.3 Å². The van der Waals surface area contributed by atoms with E-state index in [1.807, 2.05) is 6.92 Å². The number of hydrogen-bond acceptors (Lipinski definition) is 3. The van der Waals surface area contributed by atoms with Crippen LogP contribution in [0.4, 0.5) is 0 Å². The molecule has 0 aliphatic heterocycles. The van der Waals surface area contributed by atoms with Gasteiger partial charge in [0.1, 0.15) is 6.54 Å². The lowest BCUT2D eigenvalue weighted by atomic mass is 9.98. The zero-order valence-electron chi connectivity index (χ0n) is 12.3. The second-order valence-electron chi connectivity index (χ2n) is 5.25. The van der Waals surface area contributed by atoms with Gasteiger partial charge in [-0.25, -0.2) is 0 Å². The summed E-state index contributed by atoms with van der Waals surface area (Å²) in [7, 11) is 0. The fourth-order valence-electron chi connectivity index (χ4n) is 2.68. The van der Waals surface area contributed by atoms with Crippen LogP contribution in [0.2, 0.25) is 0 Å². The number of nitrogens with zero attached hydrogens (tertiary/aromatic N) is 1. The molecule has 0 spiro atoms. The molecule has 0 aromatic carbocycles. The second-order valence-corrected chi connectivity index (χ2v) is 5.25. The van der Waals surface area contributed by atoms with E-state index in [1.54, 1.807) is 11.8 Å². The topological polar surface area (TPSA) is 46.6 Å². The Bertz CT molecular complexity index is 283. The Hall–Kier alpha value is -1.06. The van der Waals surface area contributed by atoms with E-state index in [0.717, 1.165) is 32.1 Å². The molecule has 0 aromatic rings. The van der Waals surface area contributed by atoms with Crippen LogP contribution in [0, 0.1) is 5.92 Å². The zero-order valence-corrected chi connectivity index (χ0v) is 12.3. The molecule has 4 nitrogen and oxygen atoms in total. The molecular formula is C15H27NO3. The van der Waals surface area contributed by atoms with Gasteiger partial charge in [-0.2, -0.15) is 0 Å². The largest absolute Gasteiger partial charge is 0.465 e. The van der Waals surface area contributed by atoms with E-state index < -0.39 is 0 Å². The maximum atomic E-state index is 12.5. The van der Waals surface area contributed by atoms with E-state index in [2.05, 4.69) is 0 Å². The molecule has 0 heterocycles. The molecule has 1 saturated carbocycles. The van der Waals surface area contributed by atoms with Crippen LogP contribution in [0.3, 0.4) is 0 Å². The highest BCUT2D eigenvalue weighted by Crippen LogP contribution is 2.24. The standard InChI is InChI=1S/C15H27NO3/c1-3-11-16(12-14(17)19-4-2)15(18)13-9-7-5-6-8-10-13/h13H,3-12H2,1-2H3. The van der Waals surface area contributed by atoms with E-state index in [9.17, 15) is 9.59 Å². The molecule has 4 heteroatoms. The van der Waals surface area contributed by atoms with Gasteiger partial charge in [-0.15, -0.1) is 0 Å². The normalized spacial score (nSPS) is 16.7. The molecule has 1 aliphatic rings. The van der Waals surface area contributed by atoms with Gasteiger partial charge in [0.15, 0.2) is 0 Å². The predicted octanol–water partition coefficient (Wildman–Crippen LogP) is 2.76. The highest BCUT2D eigenvalue weighted by atomic mass is 16.5.